The number of aliphatic carboxylic acids is 1. The minimum atomic E-state index is -0.694. The Balaban J connectivity index is 1.97. The van der Waals surface area contributed by atoms with E-state index in [0.29, 0.717) is 12.5 Å². The average molecular weight is 183 g/mol. The fourth-order valence-electron chi connectivity index (χ4n) is 2.39. The van der Waals surface area contributed by atoms with Crippen LogP contribution in [0.15, 0.2) is 0 Å². The van der Waals surface area contributed by atoms with E-state index in [9.17, 15) is 9.59 Å². The number of likely N-dealkylation sites (tertiary alicyclic amines) is 1. The second-order valence-electron chi connectivity index (χ2n) is 3.95. The van der Waals surface area contributed by atoms with Crippen molar-refractivity contribution in [2.75, 3.05) is 13.1 Å². The summed E-state index contributed by atoms with van der Waals surface area (Å²) in [6, 6.07) is 0. The quantitative estimate of drug-likeness (QED) is 0.631. The number of amides is 1. The summed E-state index contributed by atoms with van der Waals surface area (Å²) in [7, 11) is 0. The lowest BCUT2D eigenvalue weighted by Crippen LogP contribution is -2.35. The highest BCUT2D eigenvalue weighted by atomic mass is 16.4. The Morgan fingerprint density at radius 2 is 2.08 bits per heavy atom. The molecule has 72 valence electrons. The minimum Gasteiger partial charge on any atom is -0.481 e. The number of carboxylic acids is 1. The van der Waals surface area contributed by atoms with Gasteiger partial charge in [-0.05, 0) is 18.3 Å². The maximum absolute atomic E-state index is 11.0. The van der Waals surface area contributed by atoms with Crippen molar-refractivity contribution in [2.45, 2.75) is 13.3 Å². The lowest BCUT2D eigenvalue weighted by atomic mass is 10.1. The minimum absolute atomic E-state index is 0.0643. The van der Waals surface area contributed by atoms with Crippen LogP contribution >= 0.6 is 0 Å². The van der Waals surface area contributed by atoms with Gasteiger partial charge >= 0.3 is 5.97 Å². The van der Waals surface area contributed by atoms with Crippen molar-refractivity contribution < 1.29 is 14.7 Å². The molecule has 0 aromatic heterocycles. The van der Waals surface area contributed by atoms with Crippen LogP contribution in [0, 0.1) is 17.8 Å². The molecule has 0 aromatic carbocycles. The number of hydrogen-bond donors (Lipinski definition) is 1. The largest absolute Gasteiger partial charge is 0.481 e. The molecule has 2 fully saturated rings. The maximum atomic E-state index is 11.0. The van der Waals surface area contributed by atoms with Gasteiger partial charge in [-0.1, -0.05) is 0 Å². The number of fused-ring (bicyclic) bond motifs is 1. The van der Waals surface area contributed by atoms with Gasteiger partial charge in [0.1, 0.15) is 0 Å². The van der Waals surface area contributed by atoms with Crippen molar-refractivity contribution in [1.82, 2.24) is 4.90 Å². The molecule has 1 heterocycles. The molecule has 4 nitrogen and oxygen atoms in total. The lowest BCUT2D eigenvalue weighted by molar-refractivity contribution is -0.139. The Bertz CT molecular complexity index is 252. The molecular formula is C9H13NO3. The number of hydrogen-bond acceptors (Lipinski definition) is 2. The number of carbonyl (C=O) groups is 2. The first-order valence-electron chi connectivity index (χ1n) is 4.59. The van der Waals surface area contributed by atoms with Crippen LogP contribution in [-0.2, 0) is 9.59 Å². The Morgan fingerprint density at radius 3 is 2.62 bits per heavy atom. The van der Waals surface area contributed by atoms with Crippen LogP contribution in [0.1, 0.15) is 13.3 Å². The topological polar surface area (TPSA) is 57.6 Å². The van der Waals surface area contributed by atoms with Crippen LogP contribution in [0.25, 0.3) is 0 Å². The zero-order valence-electron chi connectivity index (χ0n) is 7.56. The summed E-state index contributed by atoms with van der Waals surface area (Å²) in [6.45, 7) is 2.93. The molecule has 1 aliphatic heterocycles. The predicted molar refractivity (Wildman–Crippen MR) is 45.0 cm³/mol. The standard InChI is InChI=1S/C9H13NO3/c1-5(11)10-3-2-6-7(4-10)8(6)9(12)13/h6-8H,2-4H2,1H3,(H,12,13)/t6-,7+,8+/m0/s1. The van der Waals surface area contributed by atoms with E-state index in [1.54, 1.807) is 11.8 Å². The predicted octanol–water partition coefficient (Wildman–Crippen LogP) is 0.185. The summed E-state index contributed by atoms with van der Waals surface area (Å²) in [5.74, 6) is -0.234. The molecule has 2 rings (SSSR count). The van der Waals surface area contributed by atoms with Crippen molar-refractivity contribution in [1.29, 1.82) is 0 Å². The van der Waals surface area contributed by atoms with E-state index >= 15 is 0 Å². The van der Waals surface area contributed by atoms with Crippen LogP contribution in [-0.4, -0.2) is 35.0 Å². The molecule has 0 aromatic rings. The number of rotatable bonds is 1. The van der Waals surface area contributed by atoms with Crippen LogP contribution in [0.2, 0.25) is 0 Å². The van der Waals surface area contributed by atoms with Gasteiger partial charge in [0, 0.05) is 20.0 Å². The van der Waals surface area contributed by atoms with E-state index in [4.69, 9.17) is 5.11 Å². The Morgan fingerprint density at radius 1 is 1.38 bits per heavy atom. The van der Waals surface area contributed by atoms with E-state index in [1.165, 1.54) is 0 Å². The summed E-state index contributed by atoms with van der Waals surface area (Å²) in [4.78, 5) is 23.5. The van der Waals surface area contributed by atoms with Gasteiger partial charge in [0.05, 0.1) is 5.92 Å². The zero-order chi connectivity index (χ0) is 9.59. The summed E-state index contributed by atoms with van der Waals surface area (Å²) >= 11 is 0. The molecule has 1 N–H and O–H groups in total. The van der Waals surface area contributed by atoms with Crippen LogP contribution < -0.4 is 0 Å². The molecule has 0 radical (unpaired) electrons. The van der Waals surface area contributed by atoms with Crippen LogP contribution in [0.3, 0.4) is 0 Å². The van der Waals surface area contributed by atoms with E-state index in [2.05, 4.69) is 0 Å². The van der Waals surface area contributed by atoms with Crippen molar-refractivity contribution in [3.05, 3.63) is 0 Å². The summed E-state index contributed by atoms with van der Waals surface area (Å²) in [5.41, 5.74) is 0. The average Bonchev–Trinajstić information content (AvgIpc) is 2.75. The zero-order valence-corrected chi connectivity index (χ0v) is 7.56. The molecule has 13 heavy (non-hydrogen) atoms. The normalized spacial score (nSPS) is 36.7. The van der Waals surface area contributed by atoms with Gasteiger partial charge in [-0.3, -0.25) is 9.59 Å². The molecule has 1 saturated heterocycles. The molecule has 2 aliphatic rings. The van der Waals surface area contributed by atoms with Gasteiger partial charge in [0.2, 0.25) is 5.91 Å². The second-order valence-corrected chi connectivity index (χ2v) is 3.95. The van der Waals surface area contributed by atoms with Gasteiger partial charge in [-0.2, -0.15) is 0 Å². The fourth-order valence-corrected chi connectivity index (χ4v) is 2.39. The van der Waals surface area contributed by atoms with Crippen molar-refractivity contribution in [2.24, 2.45) is 17.8 Å². The highest BCUT2D eigenvalue weighted by Crippen LogP contribution is 2.51. The van der Waals surface area contributed by atoms with Gasteiger partial charge in [0.15, 0.2) is 0 Å². The third kappa shape index (κ3) is 1.30. The third-order valence-electron chi connectivity index (χ3n) is 3.23. The summed E-state index contributed by atoms with van der Waals surface area (Å²) in [5, 5.41) is 8.81. The number of carboxylic acid groups (broad SMARTS) is 1. The highest BCUT2D eigenvalue weighted by molar-refractivity contribution is 5.76. The lowest BCUT2D eigenvalue weighted by Gasteiger charge is -2.24. The van der Waals surface area contributed by atoms with Crippen molar-refractivity contribution in [3.63, 3.8) is 0 Å². The van der Waals surface area contributed by atoms with Gasteiger partial charge in [-0.15, -0.1) is 0 Å². The Kier molecular flexibility index (Phi) is 1.78. The SMILES string of the molecule is CC(=O)N1CC[C@H]2[C@@H](C1)[C@@H]2C(=O)O. The van der Waals surface area contributed by atoms with E-state index in [0.717, 1.165) is 13.0 Å². The number of carbonyl (C=O) groups excluding carboxylic acids is 1. The summed E-state index contributed by atoms with van der Waals surface area (Å²) in [6.07, 6.45) is 0.862. The van der Waals surface area contributed by atoms with Crippen molar-refractivity contribution >= 4 is 11.9 Å². The second kappa shape index (κ2) is 2.72. The molecule has 1 saturated carbocycles. The molecule has 0 spiro atoms. The van der Waals surface area contributed by atoms with Crippen molar-refractivity contribution in [3.8, 4) is 0 Å². The van der Waals surface area contributed by atoms with E-state index < -0.39 is 5.97 Å². The molecular weight excluding hydrogens is 170 g/mol. The first-order valence-corrected chi connectivity index (χ1v) is 4.59. The Labute approximate surface area is 76.5 Å². The highest BCUT2D eigenvalue weighted by Gasteiger charge is 2.57. The summed E-state index contributed by atoms with van der Waals surface area (Å²) < 4.78 is 0. The molecule has 0 bridgehead atoms. The van der Waals surface area contributed by atoms with Gasteiger partial charge in [0.25, 0.3) is 0 Å². The first-order chi connectivity index (χ1) is 6.11. The third-order valence-corrected chi connectivity index (χ3v) is 3.23. The van der Waals surface area contributed by atoms with Crippen LogP contribution in [0.5, 0.6) is 0 Å². The molecule has 1 aliphatic carbocycles. The smallest absolute Gasteiger partial charge is 0.307 e. The van der Waals surface area contributed by atoms with Gasteiger partial charge in [-0.25, -0.2) is 0 Å². The molecule has 3 atom stereocenters. The monoisotopic (exact) mass is 183 g/mol. The van der Waals surface area contributed by atoms with E-state index in [-0.39, 0.29) is 17.7 Å². The first kappa shape index (κ1) is 8.53. The molecule has 4 heteroatoms. The number of piperidine rings is 1. The maximum Gasteiger partial charge on any atom is 0.307 e. The molecule has 1 amide bonds. The molecule has 0 unspecified atom stereocenters. The van der Waals surface area contributed by atoms with E-state index in [1.807, 2.05) is 0 Å². The Hall–Kier alpha value is -1.06. The van der Waals surface area contributed by atoms with Gasteiger partial charge < -0.3 is 10.0 Å². The fraction of sp³-hybridized carbons (Fsp3) is 0.778. The van der Waals surface area contributed by atoms with Crippen LogP contribution in [0.4, 0.5) is 0 Å². The number of nitrogens with zero attached hydrogens (tertiary/aromatic N) is 1.